The fourth-order valence-electron chi connectivity index (χ4n) is 6.60. The molecule has 1 fully saturated rings. The van der Waals surface area contributed by atoms with E-state index >= 15 is 0 Å². The molecule has 6 rings (SSSR count). The Hall–Kier alpha value is -5.93. The SMILES string of the molecule is COCCCN1CCOc2ccc(OCC3CN(C=O)CCN3c3ccc(OCCCOCc4ccccc4OC)cc3)cc21.COc1cccc(CO[N+](=O)[O-])c1. The number of carbonyl (C=O) groups excluding carboxylic acids is 1. The van der Waals surface area contributed by atoms with Crippen molar-refractivity contribution in [2.45, 2.75) is 32.1 Å². The van der Waals surface area contributed by atoms with Crippen molar-refractivity contribution in [3.8, 4) is 28.7 Å². The first-order chi connectivity index (χ1) is 28.4. The Balaban J connectivity index is 0.000000419. The Labute approximate surface area is 339 Å². The van der Waals surface area contributed by atoms with Gasteiger partial charge in [0.05, 0.1) is 52.3 Å². The molecule has 4 aromatic rings. The maximum Gasteiger partial charge on any atom is 0.294 e. The summed E-state index contributed by atoms with van der Waals surface area (Å²) in [4.78, 5) is 32.2. The minimum atomic E-state index is -0.820. The van der Waals surface area contributed by atoms with Crippen molar-refractivity contribution in [1.29, 1.82) is 0 Å². The molecule has 0 aromatic heterocycles. The lowest BCUT2D eigenvalue weighted by atomic mass is 10.1. The van der Waals surface area contributed by atoms with Crippen molar-refractivity contribution < 1.29 is 47.9 Å². The van der Waals surface area contributed by atoms with E-state index < -0.39 is 5.09 Å². The van der Waals surface area contributed by atoms with E-state index in [9.17, 15) is 14.9 Å². The van der Waals surface area contributed by atoms with Crippen LogP contribution in [0.15, 0.2) is 91.0 Å². The third-order valence-corrected chi connectivity index (χ3v) is 9.56. The third-order valence-electron chi connectivity index (χ3n) is 9.56. The first-order valence-electron chi connectivity index (χ1n) is 19.3. The molecule has 2 aliphatic rings. The number of piperazine rings is 1. The zero-order valence-electron chi connectivity index (χ0n) is 33.5. The van der Waals surface area contributed by atoms with Gasteiger partial charge in [0.1, 0.15) is 48.6 Å². The Bertz CT molecular complexity index is 1850. The molecule has 1 saturated heterocycles. The number of hydrogen-bond acceptors (Lipinski definition) is 13. The number of carbonyl (C=O) groups is 1. The highest BCUT2D eigenvalue weighted by Gasteiger charge is 2.28. The standard InChI is InChI=1S/C35H45N3O7.C8H9NO4/c1-40-19-5-15-37-18-22-44-35-14-13-32(23-33(35)37)45-26-30-24-36(27-39)16-17-38(30)29-9-11-31(12-10-29)43-21-6-20-42-25-28-7-3-4-8-34(28)41-2;1-12-8-4-2-3-7(5-8)6-13-9(10)11/h3-4,7-14,23,27,30H,5-6,15-22,24-26H2,1-2H3;2-5H,6H2,1H3. The third kappa shape index (κ3) is 13.3. The lowest BCUT2D eigenvalue weighted by molar-refractivity contribution is -0.763. The second-order valence-electron chi connectivity index (χ2n) is 13.5. The molecule has 0 aliphatic carbocycles. The van der Waals surface area contributed by atoms with Crippen LogP contribution in [-0.4, -0.2) is 110 Å². The van der Waals surface area contributed by atoms with Gasteiger partial charge < -0.3 is 52.7 Å². The van der Waals surface area contributed by atoms with E-state index in [1.807, 2.05) is 53.4 Å². The lowest BCUT2D eigenvalue weighted by Crippen LogP contribution is -2.55. The number of ether oxygens (including phenoxy) is 7. The first-order valence-corrected chi connectivity index (χ1v) is 19.3. The van der Waals surface area contributed by atoms with Crippen LogP contribution in [0, 0.1) is 10.1 Å². The molecule has 1 unspecified atom stereocenters. The zero-order chi connectivity index (χ0) is 41.0. The van der Waals surface area contributed by atoms with Crippen molar-refractivity contribution in [3.05, 3.63) is 112 Å². The maximum atomic E-state index is 11.6. The van der Waals surface area contributed by atoms with Crippen LogP contribution in [-0.2, 0) is 32.3 Å². The van der Waals surface area contributed by atoms with Crippen LogP contribution in [0.1, 0.15) is 24.0 Å². The molecule has 312 valence electrons. The highest BCUT2D eigenvalue weighted by molar-refractivity contribution is 5.63. The molecule has 4 aromatic carbocycles. The van der Waals surface area contributed by atoms with Crippen LogP contribution in [0.2, 0.25) is 0 Å². The molecule has 1 amide bonds. The van der Waals surface area contributed by atoms with Crippen molar-refractivity contribution in [2.24, 2.45) is 0 Å². The van der Waals surface area contributed by atoms with Gasteiger partial charge in [0.2, 0.25) is 6.41 Å². The topological polar surface area (TPSA) is 144 Å². The summed E-state index contributed by atoms with van der Waals surface area (Å²) in [5, 5.41) is 9.06. The number of rotatable bonds is 21. The van der Waals surface area contributed by atoms with Crippen LogP contribution < -0.4 is 33.5 Å². The van der Waals surface area contributed by atoms with Gasteiger partial charge in [-0.05, 0) is 66.6 Å². The number of methoxy groups -OCH3 is 3. The molecular formula is C43H54N4O11. The van der Waals surface area contributed by atoms with Crippen molar-refractivity contribution in [3.63, 3.8) is 0 Å². The van der Waals surface area contributed by atoms with Gasteiger partial charge in [-0.25, -0.2) is 0 Å². The molecule has 0 spiro atoms. The molecule has 2 heterocycles. The Morgan fingerprint density at radius 1 is 0.810 bits per heavy atom. The summed E-state index contributed by atoms with van der Waals surface area (Å²) in [6.07, 6.45) is 2.65. The first kappa shape index (κ1) is 43.2. The molecular weight excluding hydrogens is 748 g/mol. The summed E-state index contributed by atoms with van der Waals surface area (Å²) >= 11 is 0. The number of para-hydroxylation sites is 1. The minimum Gasteiger partial charge on any atom is -0.497 e. The molecule has 2 aliphatic heterocycles. The van der Waals surface area contributed by atoms with Crippen molar-refractivity contribution in [1.82, 2.24) is 4.90 Å². The van der Waals surface area contributed by atoms with E-state index in [-0.39, 0.29) is 12.6 Å². The summed E-state index contributed by atoms with van der Waals surface area (Å²) in [7, 11) is 4.93. The second kappa shape index (κ2) is 23.3. The van der Waals surface area contributed by atoms with Gasteiger partial charge in [0.15, 0.2) is 0 Å². The van der Waals surface area contributed by atoms with Gasteiger partial charge in [0, 0.05) is 63.6 Å². The van der Waals surface area contributed by atoms with Crippen LogP contribution in [0.4, 0.5) is 11.4 Å². The lowest BCUT2D eigenvalue weighted by Gasteiger charge is -2.41. The molecule has 58 heavy (non-hydrogen) atoms. The van der Waals surface area contributed by atoms with Crippen LogP contribution >= 0.6 is 0 Å². The zero-order valence-corrected chi connectivity index (χ0v) is 33.5. The maximum absolute atomic E-state index is 11.6. The molecule has 0 bridgehead atoms. The van der Waals surface area contributed by atoms with Crippen LogP contribution in [0.5, 0.6) is 28.7 Å². The number of benzene rings is 4. The van der Waals surface area contributed by atoms with E-state index in [4.69, 9.17) is 33.2 Å². The Kier molecular flexibility index (Phi) is 17.4. The fourth-order valence-corrected chi connectivity index (χ4v) is 6.60. The average Bonchev–Trinajstić information content (AvgIpc) is 3.26. The Morgan fingerprint density at radius 2 is 1.64 bits per heavy atom. The fraction of sp³-hybridized carbons (Fsp3) is 0.419. The summed E-state index contributed by atoms with van der Waals surface area (Å²) < 4.78 is 39.6. The van der Waals surface area contributed by atoms with Crippen molar-refractivity contribution >= 4 is 17.8 Å². The number of fused-ring (bicyclic) bond motifs is 1. The monoisotopic (exact) mass is 802 g/mol. The molecule has 15 nitrogen and oxygen atoms in total. The largest absolute Gasteiger partial charge is 0.497 e. The molecule has 15 heteroatoms. The minimum absolute atomic E-state index is 0.00111. The number of nitrogens with zero attached hydrogens (tertiary/aromatic N) is 4. The molecule has 1 atom stereocenters. The molecule has 0 saturated carbocycles. The van der Waals surface area contributed by atoms with E-state index in [0.717, 1.165) is 85.4 Å². The van der Waals surface area contributed by atoms with Crippen LogP contribution in [0.3, 0.4) is 0 Å². The highest BCUT2D eigenvalue weighted by atomic mass is 16.9. The van der Waals surface area contributed by atoms with Gasteiger partial charge in [-0.3, -0.25) is 4.79 Å². The van der Waals surface area contributed by atoms with Gasteiger partial charge in [-0.1, -0.05) is 30.3 Å². The second-order valence-corrected chi connectivity index (χ2v) is 13.5. The number of amides is 1. The summed E-state index contributed by atoms with van der Waals surface area (Å²) in [5.41, 5.74) is 3.86. The Morgan fingerprint density at radius 3 is 2.41 bits per heavy atom. The van der Waals surface area contributed by atoms with Gasteiger partial charge in [0.25, 0.3) is 5.09 Å². The van der Waals surface area contributed by atoms with E-state index in [1.54, 1.807) is 38.5 Å². The van der Waals surface area contributed by atoms with Gasteiger partial charge >= 0.3 is 0 Å². The summed E-state index contributed by atoms with van der Waals surface area (Å²) in [6, 6.07) is 28.9. The normalized spacial score (nSPS) is 14.6. The highest BCUT2D eigenvalue weighted by Crippen LogP contribution is 2.35. The summed E-state index contributed by atoms with van der Waals surface area (Å²) in [5.74, 6) is 3.97. The van der Waals surface area contributed by atoms with E-state index in [1.165, 1.54) is 7.11 Å². The smallest absolute Gasteiger partial charge is 0.294 e. The van der Waals surface area contributed by atoms with E-state index in [0.29, 0.717) is 57.4 Å². The van der Waals surface area contributed by atoms with Gasteiger partial charge in [-0.2, -0.15) is 0 Å². The van der Waals surface area contributed by atoms with Gasteiger partial charge in [-0.15, -0.1) is 10.1 Å². The molecule has 0 N–H and O–H groups in total. The quantitative estimate of drug-likeness (QED) is 0.0418. The van der Waals surface area contributed by atoms with Crippen LogP contribution in [0.25, 0.3) is 0 Å². The predicted octanol–water partition coefficient (Wildman–Crippen LogP) is 6.05. The average molecular weight is 803 g/mol. The van der Waals surface area contributed by atoms with Crippen molar-refractivity contribution in [2.75, 3.05) is 96.9 Å². The number of hydrogen-bond donors (Lipinski definition) is 0. The summed E-state index contributed by atoms with van der Waals surface area (Å²) in [6.45, 7) is 7.17. The van der Waals surface area contributed by atoms with E-state index in [2.05, 4.69) is 32.8 Å². The number of anilines is 2. The predicted molar refractivity (Wildman–Crippen MR) is 219 cm³/mol. The molecule has 0 radical (unpaired) electrons.